The molecule has 0 heterocycles. The van der Waals surface area contributed by atoms with Crippen molar-refractivity contribution in [2.75, 3.05) is 70.0 Å². The van der Waals surface area contributed by atoms with Gasteiger partial charge in [-0.3, -0.25) is 0 Å². The Hall–Kier alpha value is -10.9. The monoisotopic (exact) mass is 1280 g/mol. The van der Waals surface area contributed by atoms with E-state index in [2.05, 4.69) is 35.6 Å². The van der Waals surface area contributed by atoms with Crippen molar-refractivity contribution in [3.63, 3.8) is 0 Å². The van der Waals surface area contributed by atoms with E-state index in [1.54, 1.807) is 99.3 Å². The standard InChI is InChI=1S/C76H77NO17/c1-79-58-21-51(22-59(34-58)80-2)44-88-68-29-54(30-69(41-68)89-45-52-23-60(81-3)35-61(24-52)82-4)47-90-66-27-50(43-87-20-14-13-19-77-76(78)93-49-75-73-17-11-9-15-56(73)33-57-16-10-12-18-74(57)75)28-67(40-66)91-48-55-31-70(92-46-53-25-62(83-5)36-63(26-53)84-6)42-71(32-55)94-72-38-64(85-7)37-65(39-72)86-8/h9-12,15-18,21-42H,13-14,19-20,43-49H2,1-8H3,(H,77,78). The first-order valence-corrected chi connectivity index (χ1v) is 30.5. The molecule has 10 aromatic rings. The molecule has 0 aliphatic carbocycles. The summed E-state index contributed by atoms with van der Waals surface area (Å²) in [4.78, 5) is 13.0. The highest BCUT2D eigenvalue weighted by molar-refractivity contribution is 6.02. The van der Waals surface area contributed by atoms with E-state index in [0.717, 1.165) is 60.5 Å². The lowest BCUT2D eigenvalue weighted by Gasteiger charge is -2.16. The fraction of sp³-hybridized carbons (Fsp3) is 0.250. The van der Waals surface area contributed by atoms with Crippen LogP contribution in [-0.4, -0.2) is 76.1 Å². The van der Waals surface area contributed by atoms with Crippen molar-refractivity contribution in [3.05, 3.63) is 221 Å². The minimum absolute atomic E-state index is 0.0953. The first-order valence-electron chi connectivity index (χ1n) is 30.5. The van der Waals surface area contributed by atoms with Crippen molar-refractivity contribution in [3.8, 4) is 86.2 Å². The van der Waals surface area contributed by atoms with Gasteiger partial charge < -0.3 is 81.1 Å². The number of unbranched alkanes of at least 4 members (excludes halogenated alkanes) is 1. The Kier molecular flexibility index (Phi) is 23.2. The van der Waals surface area contributed by atoms with Crippen molar-refractivity contribution >= 4 is 27.6 Å². The summed E-state index contributed by atoms with van der Waals surface area (Å²) in [6.07, 6.45) is 0.848. The quantitative estimate of drug-likeness (QED) is 0.0297. The summed E-state index contributed by atoms with van der Waals surface area (Å²) in [5, 5.41) is 7.20. The Balaban J connectivity index is 0.868. The molecule has 0 aliphatic heterocycles. The maximum atomic E-state index is 13.0. The summed E-state index contributed by atoms with van der Waals surface area (Å²) in [5.41, 5.74) is 5.76. The minimum atomic E-state index is -0.483. The number of benzene rings is 10. The average Bonchev–Trinajstić information content (AvgIpc) is 0.795. The van der Waals surface area contributed by atoms with Gasteiger partial charge in [-0.15, -0.1) is 0 Å². The van der Waals surface area contributed by atoms with Crippen molar-refractivity contribution in [1.29, 1.82) is 0 Å². The molecule has 0 radical (unpaired) electrons. The molecule has 0 saturated carbocycles. The van der Waals surface area contributed by atoms with Crippen LogP contribution >= 0.6 is 0 Å². The van der Waals surface area contributed by atoms with Crippen molar-refractivity contribution in [2.24, 2.45) is 0 Å². The van der Waals surface area contributed by atoms with Crippen LogP contribution in [0, 0.1) is 0 Å². The van der Waals surface area contributed by atoms with Crippen molar-refractivity contribution in [1.82, 2.24) is 5.32 Å². The zero-order valence-electron chi connectivity index (χ0n) is 54.0. The Labute approximate surface area is 547 Å². The molecule has 0 spiro atoms. The van der Waals surface area contributed by atoms with Gasteiger partial charge in [0.25, 0.3) is 0 Å². The van der Waals surface area contributed by atoms with E-state index in [1.165, 1.54) is 0 Å². The average molecular weight is 1280 g/mol. The van der Waals surface area contributed by atoms with Gasteiger partial charge in [-0.1, -0.05) is 48.5 Å². The van der Waals surface area contributed by atoms with Crippen LogP contribution in [0.4, 0.5) is 4.79 Å². The SMILES string of the molecule is COc1cc(COc2cc(COc3cc(COCCCCNC(=O)OCc4c5ccccc5cc5ccccc45)cc(OCc4cc(OCc5cc(OC)cc(OC)c5)cc(Oc5cc(OC)cc(OC)c5)c4)c3)cc(OCc3cc(OC)cc(OC)c3)c2)cc(OC)c1. The summed E-state index contributed by atoms with van der Waals surface area (Å²) in [7, 11) is 12.8. The summed E-state index contributed by atoms with van der Waals surface area (Å²) in [6, 6.07) is 57.4. The van der Waals surface area contributed by atoms with Crippen LogP contribution in [0.15, 0.2) is 182 Å². The normalized spacial score (nSPS) is 10.9. The van der Waals surface area contributed by atoms with Gasteiger partial charge in [0.1, 0.15) is 126 Å². The number of amides is 1. The van der Waals surface area contributed by atoms with Gasteiger partial charge in [-0.25, -0.2) is 4.79 Å². The van der Waals surface area contributed by atoms with E-state index in [1.807, 2.05) is 109 Å². The van der Waals surface area contributed by atoms with Crippen LogP contribution in [0.3, 0.4) is 0 Å². The number of ether oxygens (including phenoxy) is 16. The number of hydrogen-bond acceptors (Lipinski definition) is 17. The number of alkyl carbamates (subject to hydrolysis) is 1. The molecule has 1 amide bonds. The summed E-state index contributed by atoms with van der Waals surface area (Å²) in [6.45, 7) is 2.00. The van der Waals surface area contributed by atoms with Gasteiger partial charge in [0, 0.05) is 73.3 Å². The van der Waals surface area contributed by atoms with E-state index < -0.39 is 6.09 Å². The van der Waals surface area contributed by atoms with Crippen LogP contribution < -0.4 is 71.6 Å². The first kappa shape index (κ1) is 66.1. The smallest absolute Gasteiger partial charge is 0.407 e. The van der Waals surface area contributed by atoms with E-state index >= 15 is 0 Å². The number of rotatable bonds is 34. The predicted octanol–water partition coefficient (Wildman–Crippen LogP) is 16.0. The molecule has 0 bridgehead atoms. The number of carbonyl (C=O) groups excluding carboxylic acids is 1. The third-order valence-corrected chi connectivity index (χ3v) is 15.1. The third-order valence-electron chi connectivity index (χ3n) is 15.1. The number of hydrogen-bond donors (Lipinski definition) is 1. The van der Waals surface area contributed by atoms with Gasteiger partial charge in [-0.05, 0) is 147 Å². The van der Waals surface area contributed by atoms with Crippen molar-refractivity contribution in [2.45, 2.75) is 59.1 Å². The lowest BCUT2D eigenvalue weighted by molar-refractivity contribution is 0.115. The van der Waals surface area contributed by atoms with E-state index in [0.29, 0.717) is 112 Å². The molecule has 0 atom stereocenters. The number of nitrogens with one attached hydrogen (secondary N) is 1. The largest absolute Gasteiger partial charge is 0.497 e. The van der Waals surface area contributed by atoms with Crippen molar-refractivity contribution < 1.29 is 80.6 Å². The van der Waals surface area contributed by atoms with Gasteiger partial charge in [0.2, 0.25) is 0 Å². The molecule has 18 heteroatoms. The maximum Gasteiger partial charge on any atom is 0.407 e. The summed E-state index contributed by atoms with van der Waals surface area (Å²) in [5.74, 6) is 8.50. The molecule has 10 aromatic carbocycles. The molecule has 10 rings (SSSR count). The minimum Gasteiger partial charge on any atom is -0.497 e. The van der Waals surface area contributed by atoms with Gasteiger partial charge in [0.15, 0.2) is 0 Å². The molecule has 1 N–H and O–H groups in total. The zero-order valence-corrected chi connectivity index (χ0v) is 54.0. The number of fused-ring (bicyclic) bond motifs is 2. The third kappa shape index (κ3) is 18.7. The van der Waals surface area contributed by atoms with Crippen LogP contribution in [0.25, 0.3) is 21.5 Å². The Morgan fingerprint density at radius 2 is 0.596 bits per heavy atom. The van der Waals surface area contributed by atoms with Crippen LogP contribution in [0.1, 0.15) is 51.8 Å². The van der Waals surface area contributed by atoms with Crippen LogP contribution in [-0.2, 0) is 55.7 Å². The molecule has 0 fully saturated rings. The van der Waals surface area contributed by atoms with Crippen LogP contribution in [0.2, 0.25) is 0 Å². The second kappa shape index (κ2) is 32.9. The Bertz CT molecular complexity index is 3950. The fourth-order valence-electron chi connectivity index (χ4n) is 10.4. The Morgan fingerprint density at radius 1 is 0.309 bits per heavy atom. The van der Waals surface area contributed by atoms with E-state index in [4.69, 9.17) is 75.8 Å². The molecule has 0 aliphatic rings. The molecular weight excluding hydrogens is 1200 g/mol. The molecule has 488 valence electrons. The predicted molar refractivity (Wildman–Crippen MR) is 358 cm³/mol. The van der Waals surface area contributed by atoms with E-state index in [-0.39, 0.29) is 46.2 Å². The zero-order chi connectivity index (χ0) is 65.6. The Morgan fingerprint density at radius 3 is 0.968 bits per heavy atom. The van der Waals surface area contributed by atoms with Gasteiger partial charge >= 0.3 is 6.09 Å². The van der Waals surface area contributed by atoms with Crippen LogP contribution in [0.5, 0.6) is 86.2 Å². The second-order valence-electron chi connectivity index (χ2n) is 21.8. The highest BCUT2D eigenvalue weighted by Crippen LogP contribution is 2.37. The maximum absolute atomic E-state index is 13.0. The highest BCUT2D eigenvalue weighted by Gasteiger charge is 2.16. The summed E-state index contributed by atoms with van der Waals surface area (Å²) < 4.78 is 95.5. The molecular formula is C76H77NO17. The number of methoxy groups -OCH3 is 8. The lowest BCUT2D eigenvalue weighted by atomic mass is 9.97. The topological polar surface area (TPSA) is 177 Å². The fourth-order valence-corrected chi connectivity index (χ4v) is 10.4. The first-order chi connectivity index (χ1) is 46.0. The molecule has 94 heavy (non-hydrogen) atoms. The summed E-state index contributed by atoms with van der Waals surface area (Å²) >= 11 is 0. The lowest BCUT2D eigenvalue weighted by Crippen LogP contribution is -2.25. The van der Waals surface area contributed by atoms with E-state index in [9.17, 15) is 4.79 Å². The second-order valence-corrected chi connectivity index (χ2v) is 21.8. The molecule has 0 unspecified atom stereocenters. The molecule has 18 nitrogen and oxygen atoms in total. The highest BCUT2D eigenvalue weighted by atomic mass is 16.6. The number of carbonyl (C=O) groups is 1. The van der Waals surface area contributed by atoms with Gasteiger partial charge in [0.05, 0.1) is 63.5 Å². The molecule has 0 saturated heterocycles. The van der Waals surface area contributed by atoms with Gasteiger partial charge in [-0.2, -0.15) is 0 Å². The molecule has 0 aromatic heterocycles.